The van der Waals surface area contributed by atoms with E-state index < -0.39 is 0 Å². The molecule has 1 aliphatic carbocycles. The highest BCUT2D eigenvalue weighted by Gasteiger charge is 2.33. The zero-order valence-corrected chi connectivity index (χ0v) is 9.90. The lowest BCUT2D eigenvalue weighted by Gasteiger charge is -2.31. The molecule has 1 aliphatic rings. The monoisotopic (exact) mass is 182 g/mol. The van der Waals surface area contributed by atoms with Crippen LogP contribution in [0.1, 0.15) is 66.2 Å². The molecule has 0 aromatic rings. The highest BCUT2D eigenvalue weighted by molar-refractivity contribution is 4.84. The van der Waals surface area contributed by atoms with E-state index in [1.54, 1.807) is 0 Å². The summed E-state index contributed by atoms with van der Waals surface area (Å²) in [5.74, 6) is 2.00. The maximum atomic E-state index is 2.48. The predicted molar refractivity (Wildman–Crippen MR) is 59.8 cm³/mol. The van der Waals surface area contributed by atoms with Crippen molar-refractivity contribution in [1.82, 2.24) is 0 Å². The SMILES string of the molecule is CCCCC(C)(C)C1CCC(C)C1. The third kappa shape index (κ3) is 3.00. The first-order chi connectivity index (χ1) is 6.06. The molecule has 78 valence electrons. The molecule has 0 saturated heterocycles. The summed E-state index contributed by atoms with van der Waals surface area (Å²) in [5, 5.41) is 0. The minimum atomic E-state index is 0.612. The molecular formula is C13H26. The fourth-order valence-corrected chi connectivity index (χ4v) is 2.75. The van der Waals surface area contributed by atoms with Gasteiger partial charge in [-0.3, -0.25) is 0 Å². The second-order valence-corrected chi connectivity index (χ2v) is 5.71. The predicted octanol–water partition coefficient (Wildman–Crippen LogP) is 4.64. The highest BCUT2D eigenvalue weighted by Crippen LogP contribution is 2.44. The van der Waals surface area contributed by atoms with Crippen molar-refractivity contribution in [1.29, 1.82) is 0 Å². The van der Waals surface area contributed by atoms with Crippen LogP contribution in [0.5, 0.6) is 0 Å². The van der Waals surface area contributed by atoms with Gasteiger partial charge in [-0.15, -0.1) is 0 Å². The first-order valence-corrected chi connectivity index (χ1v) is 6.06. The molecule has 0 aromatic carbocycles. The van der Waals surface area contributed by atoms with E-state index in [1.807, 2.05) is 0 Å². The van der Waals surface area contributed by atoms with Crippen molar-refractivity contribution in [2.24, 2.45) is 17.3 Å². The molecule has 2 unspecified atom stereocenters. The molecule has 0 heterocycles. The maximum Gasteiger partial charge on any atom is -0.0326 e. The number of hydrogen-bond acceptors (Lipinski definition) is 0. The summed E-state index contributed by atoms with van der Waals surface area (Å²) in [6.45, 7) is 9.67. The summed E-state index contributed by atoms with van der Waals surface area (Å²) < 4.78 is 0. The van der Waals surface area contributed by atoms with Crippen LogP contribution < -0.4 is 0 Å². The Labute approximate surface area is 84.1 Å². The Morgan fingerprint density at radius 1 is 1.23 bits per heavy atom. The zero-order chi connectivity index (χ0) is 9.90. The molecule has 0 bridgehead atoms. The van der Waals surface area contributed by atoms with E-state index >= 15 is 0 Å². The Morgan fingerprint density at radius 2 is 1.92 bits per heavy atom. The van der Waals surface area contributed by atoms with Gasteiger partial charge in [0.15, 0.2) is 0 Å². The average Bonchev–Trinajstić information content (AvgIpc) is 2.49. The molecule has 0 amide bonds. The molecule has 0 aliphatic heterocycles. The Morgan fingerprint density at radius 3 is 2.38 bits per heavy atom. The van der Waals surface area contributed by atoms with Crippen molar-refractivity contribution in [2.45, 2.75) is 66.2 Å². The molecule has 0 N–H and O–H groups in total. The Balaban J connectivity index is 2.39. The summed E-state index contributed by atoms with van der Waals surface area (Å²) in [4.78, 5) is 0. The molecule has 13 heavy (non-hydrogen) atoms. The summed E-state index contributed by atoms with van der Waals surface area (Å²) in [6, 6.07) is 0. The van der Waals surface area contributed by atoms with Gasteiger partial charge in [-0.25, -0.2) is 0 Å². The number of hydrogen-bond donors (Lipinski definition) is 0. The van der Waals surface area contributed by atoms with Gasteiger partial charge in [0.1, 0.15) is 0 Å². The van der Waals surface area contributed by atoms with Gasteiger partial charge in [-0.2, -0.15) is 0 Å². The molecular weight excluding hydrogens is 156 g/mol. The second-order valence-electron chi connectivity index (χ2n) is 5.71. The fourth-order valence-electron chi connectivity index (χ4n) is 2.75. The van der Waals surface area contributed by atoms with Gasteiger partial charge in [0, 0.05) is 0 Å². The van der Waals surface area contributed by atoms with Crippen LogP contribution in [0.4, 0.5) is 0 Å². The lowest BCUT2D eigenvalue weighted by atomic mass is 9.74. The van der Waals surface area contributed by atoms with Crippen molar-refractivity contribution in [3.63, 3.8) is 0 Å². The van der Waals surface area contributed by atoms with Crippen molar-refractivity contribution in [3.05, 3.63) is 0 Å². The van der Waals surface area contributed by atoms with E-state index in [0.29, 0.717) is 5.41 Å². The van der Waals surface area contributed by atoms with Crippen molar-refractivity contribution in [3.8, 4) is 0 Å². The molecule has 0 nitrogen and oxygen atoms in total. The Bertz CT molecular complexity index is 146. The number of rotatable bonds is 4. The molecule has 1 saturated carbocycles. The van der Waals surface area contributed by atoms with Gasteiger partial charge in [-0.05, 0) is 36.5 Å². The molecule has 0 spiro atoms. The van der Waals surface area contributed by atoms with Gasteiger partial charge in [0.2, 0.25) is 0 Å². The van der Waals surface area contributed by atoms with E-state index in [9.17, 15) is 0 Å². The van der Waals surface area contributed by atoms with Crippen molar-refractivity contribution < 1.29 is 0 Å². The normalized spacial score (nSPS) is 29.5. The van der Waals surface area contributed by atoms with Crippen LogP contribution in [0.3, 0.4) is 0 Å². The van der Waals surface area contributed by atoms with Crippen LogP contribution >= 0.6 is 0 Å². The van der Waals surface area contributed by atoms with Gasteiger partial charge in [0.25, 0.3) is 0 Å². The van der Waals surface area contributed by atoms with Crippen LogP contribution in [0.15, 0.2) is 0 Å². The maximum absolute atomic E-state index is 2.48. The zero-order valence-electron chi connectivity index (χ0n) is 9.90. The van der Waals surface area contributed by atoms with Crippen LogP contribution in [-0.2, 0) is 0 Å². The summed E-state index contributed by atoms with van der Waals surface area (Å²) in [5.41, 5.74) is 0.612. The smallest absolute Gasteiger partial charge is 0.0326 e. The van der Waals surface area contributed by atoms with Crippen LogP contribution in [0.25, 0.3) is 0 Å². The molecule has 1 rings (SSSR count). The molecule has 1 fully saturated rings. The van der Waals surface area contributed by atoms with Gasteiger partial charge < -0.3 is 0 Å². The van der Waals surface area contributed by atoms with Crippen LogP contribution in [0.2, 0.25) is 0 Å². The Hall–Kier alpha value is 0. The number of unbranched alkanes of at least 4 members (excludes halogenated alkanes) is 1. The topological polar surface area (TPSA) is 0 Å². The van der Waals surface area contributed by atoms with Gasteiger partial charge >= 0.3 is 0 Å². The van der Waals surface area contributed by atoms with E-state index in [1.165, 1.54) is 38.5 Å². The third-order valence-corrected chi connectivity index (χ3v) is 3.97. The minimum absolute atomic E-state index is 0.612. The summed E-state index contributed by atoms with van der Waals surface area (Å²) in [7, 11) is 0. The molecule has 0 heteroatoms. The Kier molecular flexibility index (Phi) is 3.82. The quantitative estimate of drug-likeness (QED) is 0.594. The largest absolute Gasteiger partial charge is 0.0654 e. The third-order valence-electron chi connectivity index (χ3n) is 3.97. The molecule has 0 aromatic heterocycles. The molecule has 0 radical (unpaired) electrons. The minimum Gasteiger partial charge on any atom is -0.0654 e. The average molecular weight is 182 g/mol. The first kappa shape index (κ1) is 11.1. The van der Waals surface area contributed by atoms with Gasteiger partial charge in [0.05, 0.1) is 0 Å². The molecule has 2 atom stereocenters. The van der Waals surface area contributed by atoms with E-state index in [0.717, 1.165) is 11.8 Å². The van der Waals surface area contributed by atoms with Crippen LogP contribution in [0, 0.1) is 17.3 Å². The van der Waals surface area contributed by atoms with E-state index in [2.05, 4.69) is 27.7 Å². The standard InChI is InChI=1S/C13H26/c1-5-6-9-13(3,4)12-8-7-11(2)10-12/h11-12H,5-10H2,1-4H3. The first-order valence-electron chi connectivity index (χ1n) is 6.06. The second kappa shape index (κ2) is 4.48. The lowest BCUT2D eigenvalue weighted by Crippen LogP contribution is -2.21. The van der Waals surface area contributed by atoms with Crippen molar-refractivity contribution >= 4 is 0 Å². The fraction of sp³-hybridized carbons (Fsp3) is 1.00. The highest BCUT2D eigenvalue weighted by atomic mass is 14.4. The summed E-state index contributed by atoms with van der Waals surface area (Å²) in [6.07, 6.45) is 8.64. The van der Waals surface area contributed by atoms with Crippen LogP contribution in [-0.4, -0.2) is 0 Å². The van der Waals surface area contributed by atoms with Crippen molar-refractivity contribution in [2.75, 3.05) is 0 Å². The lowest BCUT2D eigenvalue weighted by molar-refractivity contribution is 0.190. The van der Waals surface area contributed by atoms with E-state index in [-0.39, 0.29) is 0 Å². The van der Waals surface area contributed by atoms with E-state index in [4.69, 9.17) is 0 Å². The van der Waals surface area contributed by atoms with Gasteiger partial charge in [-0.1, -0.05) is 47.0 Å². The summed E-state index contributed by atoms with van der Waals surface area (Å²) >= 11 is 0.